The molecular weight excluding hydrogens is 525 g/mol. The third kappa shape index (κ3) is 7.73. The van der Waals surface area contributed by atoms with Crippen molar-refractivity contribution >= 4 is 41.3 Å². The molecule has 0 aromatic carbocycles. The first kappa shape index (κ1) is 26.1. The van der Waals surface area contributed by atoms with Gasteiger partial charge in [0, 0.05) is 43.0 Å². The quantitative estimate of drug-likeness (QED) is 0.255. The molecule has 3 rings (SSSR count). The number of thiophene rings is 1. The van der Waals surface area contributed by atoms with Crippen LogP contribution in [0.15, 0.2) is 33.1 Å². The summed E-state index contributed by atoms with van der Waals surface area (Å²) in [5.41, 5.74) is 1.04. The summed E-state index contributed by atoms with van der Waals surface area (Å²) in [5, 5.41) is 13.3. The maximum atomic E-state index is 5.54. The van der Waals surface area contributed by atoms with Gasteiger partial charge in [0.05, 0.1) is 24.9 Å². The topological polar surface area (TPSA) is 74.9 Å². The van der Waals surface area contributed by atoms with Crippen LogP contribution in [0.3, 0.4) is 0 Å². The summed E-state index contributed by atoms with van der Waals surface area (Å²) in [5.74, 6) is 2.06. The van der Waals surface area contributed by atoms with Crippen molar-refractivity contribution in [3.05, 3.63) is 39.9 Å². The van der Waals surface area contributed by atoms with E-state index in [1.807, 2.05) is 6.07 Å². The van der Waals surface area contributed by atoms with Gasteiger partial charge in [-0.1, -0.05) is 25.1 Å². The lowest BCUT2D eigenvalue weighted by Crippen LogP contribution is -2.46. The van der Waals surface area contributed by atoms with Crippen LogP contribution in [0.5, 0.6) is 0 Å². The van der Waals surface area contributed by atoms with Crippen LogP contribution in [0.25, 0.3) is 0 Å². The molecule has 1 saturated heterocycles. The predicted octanol–water partition coefficient (Wildman–Crippen LogP) is 4.39. The number of aliphatic imine (C=N–C) groups is 1. The Morgan fingerprint density at radius 2 is 2.00 bits per heavy atom. The van der Waals surface area contributed by atoms with E-state index < -0.39 is 0 Å². The lowest BCUT2D eigenvalue weighted by atomic mass is 9.99. The maximum Gasteiger partial charge on any atom is 0.191 e. The van der Waals surface area contributed by atoms with E-state index in [2.05, 4.69) is 59.0 Å². The van der Waals surface area contributed by atoms with Crippen LogP contribution in [-0.4, -0.2) is 55.4 Å². The second-order valence-electron chi connectivity index (χ2n) is 7.49. The molecule has 0 spiro atoms. The van der Waals surface area contributed by atoms with E-state index >= 15 is 0 Å². The van der Waals surface area contributed by atoms with Gasteiger partial charge in [-0.2, -0.15) is 0 Å². The van der Waals surface area contributed by atoms with Gasteiger partial charge >= 0.3 is 0 Å². The van der Waals surface area contributed by atoms with Gasteiger partial charge in [0.25, 0.3) is 0 Å². The number of nitrogens with zero attached hydrogens (tertiary/aromatic N) is 3. The molecule has 2 aromatic rings. The molecule has 0 amide bonds. The molecule has 0 aliphatic carbocycles. The number of rotatable bonds is 10. The Kier molecular flexibility index (Phi) is 11.8. The predicted molar refractivity (Wildman–Crippen MR) is 138 cm³/mol. The Labute approximate surface area is 207 Å². The number of hydrogen-bond acceptors (Lipinski definition) is 6. The van der Waals surface area contributed by atoms with E-state index in [9.17, 15) is 0 Å². The van der Waals surface area contributed by atoms with Crippen molar-refractivity contribution in [3.8, 4) is 0 Å². The van der Waals surface area contributed by atoms with Crippen molar-refractivity contribution in [2.24, 2.45) is 4.99 Å². The second kappa shape index (κ2) is 14.1. The maximum absolute atomic E-state index is 5.54. The standard InChI is InChI=1S/C22H35N5O2S.HI/c1-4-17(5-2)19-14-18(29-26-19)15-24-22(23-6-3)25-16-20(21-8-7-13-30-21)27-9-11-28-12-10-27;/h7-8,13-14,17,20H,4-6,9-12,15-16H2,1-3H3,(H2,23,24,25);1H. The first-order valence-corrected chi connectivity index (χ1v) is 12.0. The zero-order valence-corrected chi connectivity index (χ0v) is 21.9. The minimum Gasteiger partial charge on any atom is -0.379 e. The number of halogens is 1. The Hall–Kier alpha value is -1.17. The van der Waals surface area contributed by atoms with Crippen molar-refractivity contribution in [1.82, 2.24) is 20.7 Å². The highest BCUT2D eigenvalue weighted by Gasteiger charge is 2.23. The summed E-state index contributed by atoms with van der Waals surface area (Å²) in [4.78, 5) is 8.58. The summed E-state index contributed by atoms with van der Waals surface area (Å²) < 4.78 is 11.1. The van der Waals surface area contributed by atoms with Crippen LogP contribution in [0.4, 0.5) is 0 Å². The third-order valence-electron chi connectivity index (χ3n) is 5.54. The molecule has 31 heavy (non-hydrogen) atoms. The zero-order valence-electron chi connectivity index (χ0n) is 18.8. The molecule has 7 nitrogen and oxygen atoms in total. The van der Waals surface area contributed by atoms with E-state index in [1.165, 1.54) is 4.88 Å². The van der Waals surface area contributed by atoms with Crippen LogP contribution in [-0.2, 0) is 11.3 Å². The number of guanidine groups is 1. The fraction of sp³-hybridized carbons (Fsp3) is 0.636. The molecule has 1 atom stereocenters. The Morgan fingerprint density at radius 1 is 1.23 bits per heavy atom. The number of aromatic nitrogens is 1. The molecule has 2 N–H and O–H groups in total. The van der Waals surface area contributed by atoms with Crippen LogP contribution in [0.2, 0.25) is 0 Å². The van der Waals surface area contributed by atoms with Gasteiger partial charge in [-0.15, -0.1) is 35.3 Å². The highest BCUT2D eigenvalue weighted by atomic mass is 127. The fourth-order valence-corrected chi connectivity index (χ4v) is 4.64. The highest BCUT2D eigenvalue weighted by molar-refractivity contribution is 14.0. The summed E-state index contributed by atoms with van der Waals surface area (Å²) >= 11 is 1.80. The molecule has 9 heteroatoms. The van der Waals surface area contributed by atoms with Gasteiger partial charge in [-0.25, -0.2) is 4.99 Å². The largest absolute Gasteiger partial charge is 0.379 e. The Balaban J connectivity index is 0.00000341. The van der Waals surface area contributed by atoms with Gasteiger partial charge in [0.1, 0.15) is 6.54 Å². The Bertz CT molecular complexity index is 758. The molecule has 1 unspecified atom stereocenters. The van der Waals surface area contributed by atoms with E-state index in [0.29, 0.717) is 18.5 Å². The molecule has 0 bridgehead atoms. The van der Waals surface area contributed by atoms with E-state index in [0.717, 1.165) is 69.6 Å². The van der Waals surface area contributed by atoms with Crippen molar-refractivity contribution in [1.29, 1.82) is 0 Å². The zero-order chi connectivity index (χ0) is 21.2. The first-order chi connectivity index (χ1) is 14.7. The molecule has 0 saturated carbocycles. The minimum absolute atomic E-state index is 0. The Morgan fingerprint density at radius 3 is 2.65 bits per heavy atom. The van der Waals surface area contributed by atoms with Gasteiger partial charge < -0.3 is 19.9 Å². The van der Waals surface area contributed by atoms with Crippen molar-refractivity contribution in [2.45, 2.75) is 52.1 Å². The molecule has 1 fully saturated rings. The number of morpholine rings is 1. The molecule has 3 heterocycles. The second-order valence-corrected chi connectivity index (χ2v) is 8.47. The number of ether oxygens (including phenoxy) is 1. The minimum atomic E-state index is 0. The summed E-state index contributed by atoms with van der Waals surface area (Å²) in [6, 6.07) is 6.69. The summed E-state index contributed by atoms with van der Waals surface area (Å²) in [6.45, 7) is 12.0. The monoisotopic (exact) mass is 561 g/mol. The average molecular weight is 562 g/mol. The van der Waals surface area contributed by atoms with Gasteiger partial charge in [0.15, 0.2) is 11.7 Å². The highest BCUT2D eigenvalue weighted by Crippen LogP contribution is 2.25. The van der Waals surface area contributed by atoms with Gasteiger partial charge in [-0.05, 0) is 31.2 Å². The molecule has 0 radical (unpaired) electrons. The summed E-state index contributed by atoms with van der Waals surface area (Å²) in [7, 11) is 0. The first-order valence-electron chi connectivity index (χ1n) is 11.1. The van der Waals surface area contributed by atoms with Crippen LogP contribution < -0.4 is 10.6 Å². The molecule has 174 valence electrons. The van der Waals surface area contributed by atoms with Gasteiger partial charge in [0.2, 0.25) is 0 Å². The van der Waals surface area contributed by atoms with Gasteiger partial charge in [-0.3, -0.25) is 4.90 Å². The molecular formula is C22H36IN5O2S. The average Bonchev–Trinajstić information content (AvgIpc) is 3.47. The number of hydrogen-bond donors (Lipinski definition) is 2. The lowest BCUT2D eigenvalue weighted by Gasteiger charge is -2.34. The smallest absolute Gasteiger partial charge is 0.191 e. The fourth-order valence-electron chi connectivity index (χ4n) is 3.77. The lowest BCUT2D eigenvalue weighted by molar-refractivity contribution is 0.0177. The van der Waals surface area contributed by atoms with Crippen LogP contribution in [0, 0.1) is 0 Å². The molecule has 2 aromatic heterocycles. The van der Waals surface area contributed by atoms with Crippen molar-refractivity contribution in [2.75, 3.05) is 39.4 Å². The van der Waals surface area contributed by atoms with Crippen molar-refractivity contribution < 1.29 is 9.26 Å². The SMILES string of the molecule is CCNC(=NCc1cc(C(CC)CC)no1)NCC(c1cccs1)N1CCOCC1.I. The van der Waals surface area contributed by atoms with Crippen LogP contribution in [0.1, 0.15) is 61.9 Å². The number of nitrogens with one attached hydrogen (secondary N) is 2. The summed E-state index contributed by atoms with van der Waals surface area (Å²) in [6.07, 6.45) is 2.14. The van der Waals surface area contributed by atoms with Crippen LogP contribution >= 0.6 is 35.3 Å². The molecule has 1 aliphatic rings. The van der Waals surface area contributed by atoms with Crippen molar-refractivity contribution in [3.63, 3.8) is 0 Å². The van der Waals surface area contributed by atoms with E-state index in [-0.39, 0.29) is 24.0 Å². The third-order valence-corrected chi connectivity index (χ3v) is 6.51. The molecule has 1 aliphatic heterocycles. The van der Waals surface area contributed by atoms with E-state index in [1.54, 1.807) is 11.3 Å². The van der Waals surface area contributed by atoms with E-state index in [4.69, 9.17) is 14.3 Å². The normalized spacial score (nSPS) is 16.2.